The molecule has 1 atom stereocenters. The minimum Gasteiger partial charge on any atom is -0.778 e. The maximum absolute atomic E-state index is 14.3. The largest absolute Gasteiger partial charge is 0.778 e. The van der Waals surface area contributed by atoms with Crippen LogP contribution < -0.4 is 21.0 Å². The number of carboxylic acids is 2. The minimum absolute atomic E-state index is 0.0758. The lowest BCUT2D eigenvalue weighted by atomic mass is 10.1. The van der Waals surface area contributed by atoms with Crippen molar-refractivity contribution >= 4 is 81.4 Å². The number of aromatic carboxylic acids is 1. The van der Waals surface area contributed by atoms with Crippen LogP contribution >= 0.6 is 35.1 Å². The molecule has 0 radical (unpaired) electrons. The molecule has 0 spiro atoms. The van der Waals surface area contributed by atoms with Gasteiger partial charge in [-0.2, -0.15) is 23.4 Å². The number of ether oxygens (including phenoxy) is 1. The van der Waals surface area contributed by atoms with Gasteiger partial charge in [-0.25, -0.2) is 33.0 Å². The van der Waals surface area contributed by atoms with Crippen molar-refractivity contribution in [1.82, 2.24) is 25.5 Å². The fraction of sp³-hybridized carbons (Fsp3) is 0.306. The number of carbonyl (C=O) groups excluding carboxylic acids is 2. The molecule has 63 heavy (non-hydrogen) atoms. The third kappa shape index (κ3) is 20.3. The molecule has 0 bridgehead atoms. The number of hydrazone groups is 1. The molecule has 0 saturated carbocycles. The van der Waals surface area contributed by atoms with Crippen LogP contribution in [0.3, 0.4) is 0 Å². The number of carboxylic acid groups (broad SMARTS) is 2. The highest BCUT2D eigenvalue weighted by molar-refractivity contribution is 9.10. The van der Waals surface area contributed by atoms with Gasteiger partial charge in [-0.3, -0.25) is 19.8 Å². The molecule has 0 aliphatic rings. The van der Waals surface area contributed by atoms with Gasteiger partial charge in [-0.15, -0.1) is 0 Å². The number of pyridine rings is 1. The topological polar surface area (TPSA) is 257 Å². The van der Waals surface area contributed by atoms with Crippen LogP contribution in [0.25, 0.3) is 11.3 Å². The number of carbonyl (C=O) groups is 4. The maximum Gasteiger partial charge on any atom is 0.434 e. The van der Waals surface area contributed by atoms with Crippen LogP contribution in [0.4, 0.5) is 36.8 Å². The molecule has 0 fully saturated rings. The molecular weight excluding hydrogens is 983 g/mol. The Labute approximate surface area is 371 Å². The van der Waals surface area contributed by atoms with Crippen molar-refractivity contribution in [3.05, 3.63) is 98.1 Å². The highest BCUT2D eigenvalue weighted by Gasteiger charge is 2.39. The van der Waals surface area contributed by atoms with Gasteiger partial charge in [-0.1, -0.05) is 11.6 Å². The zero-order chi connectivity index (χ0) is 48.6. The normalized spacial score (nSPS) is 12.1. The fourth-order valence-electron chi connectivity index (χ4n) is 4.29. The number of alkyl halides is 3. The number of aromatic nitrogens is 3. The summed E-state index contributed by atoms with van der Waals surface area (Å²) in [6.45, 7) is 4.20. The van der Waals surface area contributed by atoms with E-state index in [9.17, 15) is 55.0 Å². The van der Waals surface area contributed by atoms with Crippen molar-refractivity contribution in [3.8, 4) is 11.3 Å². The Morgan fingerprint density at radius 3 is 2.10 bits per heavy atom. The summed E-state index contributed by atoms with van der Waals surface area (Å²) < 4.78 is 94.6. The lowest BCUT2D eigenvalue weighted by Crippen LogP contribution is -2.26. The molecule has 0 aliphatic heterocycles. The number of hydrogen-bond donors (Lipinski definition) is 6. The number of halogens is 8. The van der Waals surface area contributed by atoms with E-state index in [1.54, 1.807) is 13.8 Å². The zero-order valence-corrected chi connectivity index (χ0v) is 38.0. The average Bonchev–Trinajstić information content (AvgIpc) is 3.42. The number of nitrogens with zero attached hydrogens (tertiary/aromatic N) is 4. The van der Waals surface area contributed by atoms with E-state index in [4.69, 9.17) is 31.4 Å². The molecule has 0 saturated heterocycles. The number of rotatable bonds is 11. The van der Waals surface area contributed by atoms with Crippen molar-refractivity contribution in [1.29, 1.82) is 0 Å². The lowest BCUT2D eigenvalue weighted by Gasteiger charge is -2.14. The van der Waals surface area contributed by atoms with E-state index in [1.807, 2.05) is 5.32 Å². The summed E-state index contributed by atoms with van der Waals surface area (Å²) in [7, 11) is -2.63. The quantitative estimate of drug-likeness (QED) is 0.0235. The van der Waals surface area contributed by atoms with Crippen LogP contribution in [-0.4, -0.2) is 97.2 Å². The van der Waals surface area contributed by atoms with Crippen LogP contribution in [0.15, 0.2) is 58.2 Å². The number of esters is 1. The molecule has 4 rings (SSSR count). The van der Waals surface area contributed by atoms with Crippen molar-refractivity contribution < 1.29 is 74.8 Å². The van der Waals surface area contributed by atoms with Gasteiger partial charge in [0.2, 0.25) is 0 Å². The van der Waals surface area contributed by atoms with E-state index < -0.39 is 84.3 Å². The summed E-state index contributed by atoms with van der Waals surface area (Å²) in [5, 5.41) is 28.5. The number of anilines is 1. The van der Waals surface area contributed by atoms with Gasteiger partial charge in [0.05, 0.1) is 64.0 Å². The van der Waals surface area contributed by atoms with Gasteiger partial charge in [0.1, 0.15) is 36.4 Å². The molecule has 1 unspecified atom stereocenters. The van der Waals surface area contributed by atoms with Crippen LogP contribution in [0.5, 0.6) is 0 Å². The smallest absolute Gasteiger partial charge is 0.434 e. The first kappa shape index (κ1) is 56.0. The first-order chi connectivity index (χ1) is 28.9. The summed E-state index contributed by atoms with van der Waals surface area (Å²) >= 11 is 8.67. The summed E-state index contributed by atoms with van der Waals surface area (Å²) in [5.74, 6) is -5.78. The second-order valence-electron chi connectivity index (χ2n) is 12.9. The van der Waals surface area contributed by atoms with Crippen molar-refractivity contribution in [3.63, 3.8) is 0 Å². The molecule has 6 N–H and O–H groups in total. The van der Waals surface area contributed by atoms with E-state index in [2.05, 4.69) is 60.6 Å². The van der Waals surface area contributed by atoms with Gasteiger partial charge in [0.15, 0.2) is 5.69 Å². The SMILES string of the molecule is C/C(=N\NC(=O)Nc1cc(F)cc(F)c1)c1ncccc1C(=O)O.CC(C)OC(=O)c1cc(-c2nn(C)c(C(F)(F)F)c2Br)c(F)cc1Cl.C[S+](C)C.O=C(O)CNCP(=O)([O-])O. The van der Waals surface area contributed by atoms with Crippen LogP contribution in [0.2, 0.25) is 5.02 Å². The Morgan fingerprint density at radius 1 is 1.05 bits per heavy atom. The number of urea groups is 1. The van der Waals surface area contributed by atoms with Gasteiger partial charge >= 0.3 is 30.1 Å². The maximum atomic E-state index is 14.3. The third-order valence-corrected chi connectivity index (χ3v) is 8.23. The monoisotopic (exact) mass is 1020 g/mol. The van der Waals surface area contributed by atoms with E-state index in [0.29, 0.717) is 21.6 Å². The second-order valence-corrected chi connectivity index (χ2v) is 18.1. The first-order valence-electron chi connectivity index (χ1n) is 17.2. The van der Waals surface area contributed by atoms with Gasteiger partial charge < -0.3 is 34.6 Å². The summed E-state index contributed by atoms with van der Waals surface area (Å²) in [6, 6.07) is 6.34. The van der Waals surface area contributed by atoms with Crippen LogP contribution in [0.1, 0.15) is 52.9 Å². The number of aliphatic carboxylic acids is 1. The molecule has 2 aromatic carbocycles. The molecule has 17 nitrogen and oxygen atoms in total. The Morgan fingerprint density at radius 2 is 1.62 bits per heavy atom. The Bertz CT molecular complexity index is 2310. The fourth-order valence-corrected chi connectivity index (χ4v) is 5.68. The summed E-state index contributed by atoms with van der Waals surface area (Å²) in [4.78, 5) is 66.5. The van der Waals surface area contributed by atoms with Crippen molar-refractivity contribution in [2.45, 2.75) is 33.1 Å². The Balaban J connectivity index is 0.000000487. The molecule has 346 valence electrons. The lowest BCUT2D eigenvalue weighted by molar-refractivity contribution is -0.193. The van der Waals surface area contributed by atoms with E-state index >= 15 is 0 Å². The standard InChI is InChI=1S/C15H12BrClF4N2O2.C15H12F2N4O3.C3H8NO5P.C3H9S/c1-6(2)25-14(24)7-4-8(10(18)5-9(7)17)12-11(16)13(15(19,20)21)23(3)22-12;1-8(13-12(14(22)23)3-2-4-18-13)20-21-15(24)19-11-6-9(16)5-10(17)7-11;5-3(6)1-4-2-10(7,8)9;1-4(2)3/h4-6H,1-3H3;2-7H,1H3,(H,22,23)(H2,19,21,24);4H,1-2H2,(H,5,6)(H2,7,8,9);1-3H3/q;;;+1/p-1/b;20-8+;;. The van der Waals surface area contributed by atoms with Gasteiger partial charge in [0.25, 0.3) is 0 Å². The van der Waals surface area contributed by atoms with E-state index in [-0.39, 0.29) is 44.5 Å². The molecule has 4 aromatic rings. The molecule has 0 aliphatic carbocycles. The average molecular weight is 1020 g/mol. The highest BCUT2D eigenvalue weighted by Crippen LogP contribution is 2.41. The number of hydrogen-bond acceptors (Lipinski definition) is 11. The van der Waals surface area contributed by atoms with Crippen molar-refractivity contribution in [2.24, 2.45) is 12.1 Å². The number of amides is 2. The Hall–Kier alpha value is -5.04. The van der Waals surface area contributed by atoms with Gasteiger partial charge in [0, 0.05) is 30.6 Å². The van der Waals surface area contributed by atoms with E-state index in [1.165, 1.54) is 25.3 Å². The van der Waals surface area contributed by atoms with E-state index in [0.717, 1.165) is 31.3 Å². The third-order valence-electron chi connectivity index (χ3n) is 6.55. The summed E-state index contributed by atoms with van der Waals surface area (Å²) in [5.41, 5.74) is 0.296. The zero-order valence-electron chi connectivity index (χ0n) is 34.0. The minimum atomic E-state index is -4.69. The molecule has 27 heteroatoms. The van der Waals surface area contributed by atoms with Crippen LogP contribution in [0, 0.1) is 17.5 Å². The van der Waals surface area contributed by atoms with Gasteiger partial charge in [-0.05, 0) is 84.0 Å². The first-order valence-corrected chi connectivity index (χ1v) is 22.5. The number of benzene rings is 2. The summed E-state index contributed by atoms with van der Waals surface area (Å²) in [6.07, 6.45) is 2.12. The van der Waals surface area contributed by atoms with Crippen LogP contribution in [-0.2, 0) is 38.2 Å². The predicted molar refractivity (Wildman–Crippen MR) is 224 cm³/mol. The molecule has 2 amide bonds. The predicted octanol–water partition coefficient (Wildman–Crippen LogP) is 6.49. The highest BCUT2D eigenvalue weighted by atomic mass is 79.9. The molecule has 2 aromatic heterocycles. The second kappa shape index (κ2) is 25.3. The molecule has 2 heterocycles. The number of nitrogens with one attached hydrogen (secondary N) is 3. The van der Waals surface area contributed by atoms with Crippen molar-refractivity contribution in [2.75, 3.05) is 36.9 Å². The number of aryl methyl sites for hydroxylation is 1. The Kier molecular flexibility index (Phi) is 22.5. The molecular formula is C36H40BrClF6N7O10PS.